The molecule has 0 aromatic rings. The third-order valence-corrected chi connectivity index (χ3v) is 4.05. The second-order valence-electron chi connectivity index (χ2n) is 5.50. The molecule has 2 unspecified atom stereocenters. The molecule has 3 heteroatoms. The van der Waals surface area contributed by atoms with Gasteiger partial charge in [-0.15, -0.1) is 0 Å². The average Bonchev–Trinajstić information content (AvgIpc) is 2.59. The van der Waals surface area contributed by atoms with Gasteiger partial charge in [-0.2, -0.15) is 0 Å². The molecule has 2 rings (SSSR count). The number of aliphatic hydroxyl groups is 2. The first kappa shape index (κ1) is 11.4. The Bertz CT molecular complexity index is 214. The normalized spacial score (nSPS) is 37.0. The van der Waals surface area contributed by atoms with Crippen molar-refractivity contribution < 1.29 is 10.2 Å². The van der Waals surface area contributed by atoms with Crippen LogP contribution in [0, 0.1) is 5.92 Å². The van der Waals surface area contributed by atoms with E-state index in [1.54, 1.807) is 0 Å². The molecule has 2 fully saturated rings. The number of piperidine rings is 1. The summed E-state index contributed by atoms with van der Waals surface area (Å²) in [6, 6.07) is 0. The number of hydrogen-bond donors (Lipinski definition) is 2. The van der Waals surface area contributed by atoms with Crippen LogP contribution in [-0.2, 0) is 0 Å². The second kappa shape index (κ2) is 4.40. The van der Waals surface area contributed by atoms with Crippen LogP contribution in [0.4, 0.5) is 0 Å². The number of hydrogen-bond acceptors (Lipinski definition) is 3. The molecule has 1 aliphatic carbocycles. The number of likely N-dealkylation sites (tertiary alicyclic amines) is 1. The van der Waals surface area contributed by atoms with Gasteiger partial charge in [0.15, 0.2) is 0 Å². The van der Waals surface area contributed by atoms with Gasteiger partial charge >= 0.3 is 0 Å². The molecule has 0 aromatic carbocycles. The van der Waals surface area contributed by atoms with Gasteiger partial charge in [0.25, 0.3) is 0 Å². The Hall–Kier alpha value is -0.120. The Labute approximate surface area is 92.1 Å². The summed E-state index contributed by atoms with van der Waals surface area (Å²) in [6.07, 6.45) is 5.04. The minimum absolute atomic E-state index is 0.205. The first-order chi connectivity index (χ1) is 7.09. The molecule has 0 aromatic heterocycles. The first-order valence-corrected chi connectivity index (χ1v) is 6.22. The van der Waals surface area contributed by atoms with Gasteiger partial charge in [0.2, 0.25) is 0 Å². The monoisotopic (exact) mass is 213 g/mol. The molecule has 2 atom stereocenters. The van der Waals surface area contributed by atoms with Gasteiger partial charge in [0.05, 0.1) is 11.7 Å². The van der Waals surface area contributed by atoms with Gasteiger partial charge in [0.1, 0.15) is 0 Å². The average molecular weight is 213 g/mol. The highest BCUT2D eigenvalue weighted by atomic mass is 16.3. The fourth-order valence-electron chi connectivity index (χ4n) is 2.87. The third kappa shape index (κ3) is 2.71. The summed E-state index contributed by atoms with van der Waals surface area (Å²) < 4.78 is 0. The lowest BCUT2D eigenvalue weighted by molar-refractivity contribution is -0.0306. The maximum atomic E-state index is 10.3. The quantitative estimate of drug-likeness (QED) is 0.719. The molecule has 0 amide bonds. The summed E-state index contributed by atoms with van der Waals surface area (Å²) in [7, 11) is 0. The minimum Gasteiger partial charge on any atom is -0.392 e. The summed E-state index contributed by atoms with van der Waals surface area (Å²) >= 11 is 0. The van der Waals surface area contributed by atoms with Gasteiger partial charge in [-0.25, -0.2) is 0 Å². The number of nitrogens with zero attached hydrogens (tertiary/aromatic N) is 1. The summed E-state index contributed by atoms with van der Waals surface area (Å²) in [5, 5.41) is 20.1. The molecule has 2 aliphatic rings. The number of β-amino-alcohol motifs (C(OH)–C–C–N with tert-alkyl or cyclic N) is 2. The van der Waals surface area contributed by atoms with Crippen LogP contribution < -0.4 is 0 Å². The predicted molar refractivity (Wildman–Crippen MR) is 59.6 cm³/mol. The van der Waals surface area contributed by atoms with Gasteiger partial charge in [0, 0.05) is 13.1 Å². The van der Waals surface area contributed by atoms with Crippen LogP contribution in [0.5, 0.6) is 0 Å². The van der Waals surface area contributed by atoms with Crippen molar-refractivity contribution in [1.82, 2.24) is 4.90 Å². The van der Waals surface area contributed by atoms with Crippen molar-refractivity contribution in [3.63, 3.8) is 0 Å². The highest BCUT2D eigenvalue weighted by Gasteiger charge is 2.35. The van der Waals surface area contributed by atoms with Crippen LogP contribution in [0.15, 0.2) is 0 Å². The smallest absolute Gasteiger partial charge is 0.0774 e. The van der Waals surface area contributed by atoms with Crippen LogP contribution in [0.3, 0.4) is 0 Å². The van der Waals surface area contributed by atoms with E-state index in [0.717, 1.165) is 51.7 Å². The Morgan fingerprint density at radius 2 is 2.00 bits per heavy atom. The Kier molecular flexibility index (Phi) is 3.33. The molecule has 15 heavy (non-hydrogen) atoms. The van der Waals surface area contributed by atoms with Crippen molar-refractivity contribution in [1.29, 1.82) is 0 Å². The van der Waals surface area contributed by atoms with E-state index in [1.165, 1.54) is 0 Å². The molecule has 1 saturated carbocycles. The zero-order chi connectivity index (χ0) is 10.9. The molecule has 1 heterocycles. The molecule has 2 N–H and O–H groups in total. The van der Waals surface area contributed by atoms with Gasteiger partial charge in [-0.3, -0.25) is 4.90 Å². The lowest BCUT2D eigenvalue weighted by Crippen LogP contribution is -2.49. The summed E-state index contributed by atoms with van der Waals surface area (Å²) in [4.78, 5) is 2.23. The van der Waals surface area contributed by atoms with Crippen molar-refractivity contribution >= 4 is 0 Å². The molecule has 0 radical (unpaired) electrons. The fraction of sp³-hybridized carbons (Fsp3) is 1.00. The largest absolute Gasteiger partial charge is 0.392 e. The molecule has 1 aliphatic heterocycles. The van der Waals surface area contributed by atoms with E-state index < -0.39 is 5.60 Å². The number of rotatable bonds is 2. The maximum Gasteiger partial charge on any atom is 0.0774 e. The summed E-state index contributed by atoms with van der Waals surface area (Å²) in [6.45, 7) is 4.63. The third-order valence-electron chi connectivity index (χ3n) is 4.05. The van der Waals surface area contributed by atoms with E-state index in [2.05, 4.69) is 11.8 Å². The van der Waals surface area contributed by atoms with E-state index >= 15 is 0 Å². The van der Waals surface area contributed by atoms with Crippen LogP contribution in [0.1, 0.15) is 39.0 Å². The lowest BCUT2D eigenvalue weighted by Gasteiger charge is -2.38. The van der Waals surface area contributed by atoms with Crippen LogP contribution in [-0.4, -0.2) is 46.5 Å². The SMILES string of the molecule is CC1CCN(CC2(O)CCCC2)CC1O. The van der Waals surface area contributed by atoms with Crippen LogP contribution in [0.2, 0.25) is 0 Å². The maximum absolute atomic E-state index is 10.3. The summed E-state index contributed by atoms with van der Waals surface area (Å²) in [5.74, 6) is 0.416. The Balaban J connectivity index is 1.84. The molecule has 0 spiro atoms. The van der Waals surface area contributed by atoms with Gasteiger partial charge < -0.3 is 10.2 Å². The molecule has 0 bridgehead atoms. The van der Waals surface area contributed by atoms with Gasteiger partial charge in [-0.05, 0) is 31.7 Å². The molecule has 1 saturated heterocycles. The van der Waals surface area contributed by atoms with Crippen LogP contribution >= 0.6 is 0 Å². The van der Waals surface area contributed by atoms with E-state index in [-0.39, 0.29) is 6.10 Å². The highest BCUT2D eigenvalue weighted by molar-refractivity contribution is 4.89. The van der Waals surface area contributed by atoms with Crippen molar-refractivity contribution in [2.45, 2.75) is 50.7 Å². The zero-order valence-electron chi connectivity index (χ0n) is 9.65. The second-order valence-corrected chi connectivity index (χ2v) is 5.50. The predicted octanol–water partition coefficient (Wildman–Crippen LogP) is 0.994. The zero-order valence-corrected chi connectivity index (χ0v) is 9.65. The van der Waals surface area contributed by atoms with Crippen molar-refractivity contribution in [3.05, 3.63) is 0 Å². The van der Waals surface area contributed by atoms with Crippen molar-refractivity contribution in [2.75, 3.05) is 19.6 Å². The minimum atomic E-state index is -0.458. The molecule has 3 nitrogen and oxygen atoms in total. The van der Waals surface area contributed by atoms with Crippen molar-refractivity contribution in [2.24, 2.45) is 5.92 Å². The van der Waals surface area contributed by atoms with E-state index in [9.17, 15) is 10.2 Å². The first-order valence-electron chi connectivity index (χ1n) is 6.22. The fourth-order valence-corrected chi connectivity index (χ4v) is 2.87. The van der Waals surface area contributed by atoms with E-state index in [4.69, 9.17) is 0 Å². The number of aliphatic hydroxyl groups excluding tert-OH is 1. The standard InChI is InChI=1S/C12H23NO2/c1-10-4-7-13(8-11(10)14)9-12(15)5-2-3-6-12/h10-11,14-15H,2-9H2,1H3. The topological polar surface area (TPSA) is 43.7 Å². The molecular formula is C12H23NO2. The van der Waals surface area contributed by atoms with E-state index in [1.807, 2.05) is 0 Å². The highest BCUT2D eigenvalue weighted by Crippen LogP contribution is 2.31. The lowest BCUT2D eigenvalue weighted by atomic mass is 9.94. The Morgan fingerprint density at radius 3 is 2.60 bits per heavy atom. The Morgan fingerprint density at radius 1 is 1.33 bits per heavy atom. The molecule has 88 valence electrons. The molecular weight excluding hydrogens is 190 g/mol. The van der Waals surface area contributed by atoms with E-state index in [0.29, 0.717) is 5.92 Å². The van der Waals surface area contributed by atoms with Crippen molar-refractivity contribution in [3.8, 4) is 0 Å². The van der Waals surface area contributed by atoms with Gasteiger partial charge in [-0.1, -0.05) is 19.8 Å². The van der Waals surface area contributed by atoms with Crippen LogP contribution in [0.25, 0.3) is 0 Å². The summed E-state index contributed by atoms with van der Waals surface area (Å²) in [5.41, 5.74) is -0.458.